The van der Waals surface area contributed by atoms with Gasteiger partial charge in [0.25, 0.3) is 5.91 Å². The molecule has 5 rings (SSSR count). The van der Waals surface area contributed by atoms with Crippen LogP contribution in [0.15, 0.2) is 10.5 Å². The Labute approximate surface area is 200 Å². The molecule has 0 radical (unpaired) electrons. The zero-order valence-corrected chi connectivity index (χ0v) is 20.6. The van der Waals surface area contributed by atoms with Gasteiger partial charge in [-0.1, -0.05) is 13.8 Å². The second kappa shape index (κ2) is 8.79. The monoisotopic (exact) mass is 469 g/mol. The lowest BCUT2D eigenvalue weighted by Gasteiger charge is -2.39. The second-order valence-electron chi connectivity index (χ2n) is 10.7. The largest absolute Gasteiger partial charge is 0.423 e. The Bertz CT molecular complexity index is 1040. The zero-order valence-electron chi connectivity index (χ0n) is 20.6. The zero-order chi connectivity index (χ0) is 24.0. The minimum Gasteiger partial charge on any atom is -0.423 e. The van der Waals surface area contributed by atoms with Crippen molar-refractivity contribution in [1.82, 2.24) is 35.1 Å². The van der Waals surface area contributed by atoms with Crippen LogP contribution < -0.4 is 5.32 Å². The molecule has 1 spiro atoms. The highest BCUT2D eigenvalue weighted by molar-refractivity contribution is 5.92. The lowest BCUT2D eigenvalue weighted by Crippen LogP contribution is -2.45. The van der Waals surface area contributed by atoms with Gasteiger partial charge in [-0.2, -0.15) is 5.10 Å². The van der Waals surface area contributed by atoms with E-state index >= 15 is 0 Å². The van der Waals surface area contributed by atoms with E-state index in [0.29, 0.717) is 43.2 Å². The van der Waals surface area contributed by atoms with Gasteiger partial charge < -0.3 is 14.6 Å². The third-order valence-electron chi connectivity index (χ3n) is 7.57. The van der Waals surface area contributed by atoms with E-state index < -0.39 is 0 Å². The van der Waals surface area contributed by atoms with Gasteiger partial charge in [-0.25, -0.2) is 0 Å². The van der Waals surface area contributed by atoms with Crippen LogP contribution in [0.2, 0.25) is 0 Å². The molecule has 184 valence electrons. The number of nitrogens with one attached hydrogen (secondary N) is 1. The van der Waals surface area contributed by atoms with E-state index in [1.165, 1.54) is 0 Å². The first-order valence-corrected chi connectivity index (χ1v) is 12.4. The van der Waals surface area contributed by atoms with Crippen LogP contribution in [0, 0.1) is 12.3 Å². The van der Waals surface area contributed by atoms with Crippen molar-refractivity contribution in [3.8, 4) is 0 Å². The Morgan fingerprint density at radius 2 is 1.97 bits per heavy atom. The summed E-state index contributed by atoms with van der Waals surface area (Å²) < 4.78 is 7.76. The standard InChI is InChI=1S/C24H35N7O3/c1-15(2)21-26-27-22(34-21)19-12-24(14-31(19)13-20(32)25-17-5-6-17)7-9-30(10-8-24)23(33)18-11-16(3)29(4)28-18/h11,15,17,19H,5-10,12-14H2,1-4H3,(H,25,32). The summed E-state index contributed by atoms with van der Waals surface area (Å²) in [4.78, 5) is 29.8. The van der Waals surface area contributed by atoms with E-state index in [0.717, 1.165) is 44.3 Å². The SMILES string of the molecule is Cc1cc(C(=O)N2CCC3(CC2)CC(c2nnc(C(C)C)o2)N(CC(=O)NC2CC2)C3)nn1C. The number of hydrogen-bond donors (Lipinski definition) is 1. The van der Waals surface area contributed by atoms with Crippen molar-refractivity contribution in [1.29, 1.82) is 0 Å². The van der Waals surface area contributed by atoms with E-state index in [4.69, 9.17) is 4.42 Å². The molecule has 2 amide bonds. The Balaban J connectivity index is 1.29. The maximum Gasteiger partial charge on any atom is 0.274 e. The first-order valence-electron chi connectivity index (χ1n) is 12.4. The van der Waals surface area contributed by atoms with Crippen molar-refractivity contribution in [3.05, 3.63) is 29.2 Å². The molecule has 2 aromatic heterocycles. The van der Waals surface area contributed by atoms with Crippen molar-refractivity contribution >= 4 is 11.8 Å². The van der Waals surface area contributed by atoms with E-state index in [1.807, 2.05) is 38.8 Å². The fraction of sp³-hybridized carbons (Fsp3) is 0.708. The van der Waals surface area contributed by atoms with E-state index in [1.54, 1.807) is 4.68 Å². The highest BCUT2D eigenvalue weighted by Gasteiger charge is 2.49. The molecule has 1 aliphatic carbocycles. The Morgan fingerprint density at radius 1 is 1.24 bits per heavy atom. The number of hydrogen-bond acceptors (Lipinski definition) is 7. The van der Waals surface area contributed by atoms with Crippen molar-refractivity contribution in [2.75, 3.05) is 26.2 Å². The van der Waals surface area contributed by atoms with Gasteiger partial charge in [0.15, 0.2) is 5.69 Å². The van der Waals surface area contributed by atoms with Crippen molar-refractivity contribution < 1.29 is 14.0 Å². The number of rotatable bonds is 6. The molecular weight excluding hydrogens is 434 g/mol. The molecule has 10 nitrogen and oxygen atoms in total. The van der Waals surface area contributed by atoms with Crippen molar-refractivity contribution in [2.24, 2.45) is 12.5 Å². The van der Waals surface area contributed by atoms with Crippen LogP contribution in [0.1, 0.15) is 85.9 Å². The molecule has 3 fully saturated rings. The summed E-state index contributed by atoms with van der Waals surface area (Å²) in [5.41, 5.74) is 1.50. The average Bonchev–Trinajstić information content (AvgIpc) is 3.19. The lowest BCUT2D eigenvalue weighted by molar-refractivity contribution is -0.122. The van der Waals surface area contributed by atoms with Gasteiger partial charge in [-0.15, -0.1) is 10.2 Å². The Kier molecular flexibility index (Phi) is 5.95. The van der Waals surface area contributed by atoms with Crippen LogP contribution in [0.25, 0.3) is 0 Å². The normalized spacial score (nSPS) is 22.6. The summed E-state index contributed by atoms with van der Waals surface area (Å²) in [7, 11) is 1.85. The molecule has 3 aliphatic rings. The van der Waals surface area contributed by atoms with Gasteiger partial charge >= 0.3 is 0 Å². The van der Waals surface area contributed by atoms with E-state index in [2.05, 4.69) is 25.5 Å². The number of aromatic nitrogens is 4. The number of carbonyl (C=O) groups is 2. The fourth-order valence-corrected chi connectivity index (χ4v) is 5.23. The van der Waals surface area contributed by atoms with Gasteiger partial charge in [0, 0.05) is 44.3 Å². The summed E-state index contributed by atoms with van der Waals surface area (Å²) in [5, 5.41) is 16.1. The quantitative estimate of drug-likeness (QED) is 0.691. The molecule has 2 saturated heterocycles. The number of aryl methyl sites for hydroxylation is 2. The van der Waals surface area contributed by atoms with Crippen molar-refractivity contribution in [3.63, 3.8) is 0 Å². The predicted molar refractivity (Wildman–Crippen MR) is 124 cm³/mol. The molecule has 1 N–H and O–H groups in total. The highest BCUT2D eigenvalue weighted by Crippen LogP contribution is 2.48. The Morgan fingerprint density at radius 3 is 2.56 bits per heavy atom. The summed E-state index contributed by atoms with van der Waals surface area (Å²) in [6.45, 7) is 8.50. The number of amides is 2. The van der Waals surface area contributed by atoms with Crippen LogP contribution in [-0.2, 0) is 11.8 Å². The van der Waals surface area contributed by atoms with Gasteiger partial charge in [0.1, 0.15) is 0 Å². The predicted octanol–water partition coefficient (Wildman–Crippen LogP) is 2.18. The summed E-state index contributed by atoms with van der Waals surface area (Å²) in [5.74, 6) is 1.44. The van der Waals surface area contributed by atoms with Gasteiger partial charge in [0.05, 0.1) is 12.6 Å². The molecule has 10 heteroatoms. The molecule has 0 bridgehead atoms. The van der Waals surface area contributed by atoms with Crippen molar-refractivity contribution in [2.45, 2.75) is 70.9 Å². The average molecular weight is 470 g/mol. The van der Waals surface area contributed by atoms with Crippen LogP contribution in [0.4, 0.5) is 0 Å². The highest BCUT2D eigenvalue weighted by atomic mass is 16.4. The number of nitrogens with zero attached hydrogens (tertiary/aromatic N) is 6. The molecule has 34 heavy (non-hydrogen) atoms. The summed E-state index contributed by atoms with van der Waals surface area (Å²) in [6, 6.07) is 2.11. The number of likely N-dealkylation sites (tertiary alicyclic amines) is 2. The smallest absolute Gasteiger partial charge is 0.274 e. The van der Waals surface area contributed by atoms with E-state index in [-0.39, 0.29) is 29.2 Å². The summed E-state index contributed by atoms with van der Waals surface area (Å²) >= 11 is 0. The maximum atomic E-state index is 13.0. The van der Waals surface area contributed by atoms with E-state index in [9.17, 15) is 9.59 Å². The third kappa shape index (κ3) is 4.60. The third-order valence-corrected chi connectivity index (χ3v) is 7.57. The first kappa shape index (κ1) is 23.0. The van der Waals surface area contributed by atoms with Gasteiger partial charge in [0.2, 0.25) is 17.7 Å². The molecule has 0 aromatic carbocycles. The van der Waals surface area contributed by atoms with Crippen LogP contribution in [0.3, 0.4) is 0 Å². The lowest BCUT2D eigenvalue weighted by atomic mass is 9.76. The first-order chi connectivity index (χ1) is 16.2. The molecule has 1 saturated carbocycles. The second-order valence-corrected chi connectivity index (χ2v) is 10.7. The van der Waals surface area contributed by atoms with Crippen LogP contribution in [0.5, 0.6) is 0 Å². The molecule has 2 aliphatic heterocycles. The summed E-state index contributed by atoms with van der Waals surface area (Å²) in [6.07, 6.45) is 4.76. The van der Waals surface area contributed by atoms with Gasteiger partial charge in [-0.3, -0.25) is 19.2 Å². The van der Waals surface area contributed by atoms with Gasteiger partial charge in [-0.05, 0) is 50.5 Å². The number of carbonyl (C=O) groups excluding carboxylic acids is 2. The van der Waals surface area contributed by atoms with Crippen LogP contribution in [-0.4, -0.2) is 73.8 Å². The molecule has 4 heterocycles. The number of piperidine rings is 1. The minimum atomic E-state index is -0.0781. The topological polar surface area (TPSA) is 109 Å². The fourth-order valence-electron chi connectivity index (χ4n) is 5.23. The molecular formula is C24H35N7O3. The Hall–Kier alpha value is -2.75. The molecule has 1 unspecified atom stereocenters. The maximum absolute atomic E-state index is 13.0. The minimum absolute atomic E-state index is 0.00718. The molecule has 2 aromatic rings. The van der Waals surface area contributed by atoms with Crippen LogP contribution >= 0.6 is 0 Å². The molecule has 1 atom stereocenters.